The maximum Gasteiger partial charge on any atom is 0.320 e. The van der Waals surface area contributed by atoms with Crippen LogP contribution in [0.5, 0.6) is 17.2 Å². The molecule has 3 N–H and O–H groups in total. The number of rotatable bonds is 10. The minimum atomic E-state index is -4.56. The Morgan fingerprint density at radius 3 is 2.20 bits per heavy atom. The fraction of sp³-hybridized carbons (Fsp3) is 0.304. The number of hydrogen-bond donors (Lipinski definition) is 2. The van der Waals surface area contributed by atoms with Crippen LogP contribution in [-0.2, 0) is 26.7 Å². The molecule has 0 aliphatic carbocycles. The van der Waals surface area contributed by atoms with Crippen molar-refractivity contribution in [3.63, 3.8) is 0 Å². The largest absolute Gasteiger partial charge is 0.493 e. The van der Waals surface area contributed by atoms with Crippen LogP contribution in [0.4, 0.5) is 5.69 Å². The van der Waals surface area contributed by atoms with Crippen molar-refractivity contribution < 1.29 is 37.3 Å². The van der Waals surface area contributed by atoms with Gasteiger partial charge in [0.15, 0.2) is 22.3 Å². The highest BCUT2D eigenvalue weighted by Gasteiger charge is 2.38. The zero-order valence-electron chi connectivity index (χ0n) is 19.7. The average molecular weight is 506 g/mol. The van der Waals surface area contributed by atoms with Gasteiger partial charge in [0.1, 0.15) is 6.04 Å². The third-order valence-corrected chi connectivity index (χ3v) is 7.35. The number of hydrogen-bond acceptors (Lipinski definition) is 8. The van der Waals surface area contributed by atoms with Crippen molar-refractivity contribution in [1.29, 1.82) is 0 Å². The number of benzene rings is 2. The Morgan fingerprint density at radius 1 is 1.03 bits per heavy atom. The van der Waals surface area contributed by atoms with Crippen molar-refractivity contribution in [1.82, 2.24) is 4.57 Å². The Bertz CT molecular complexity index is 1350. The summed E-state index contributed by atoms with van der Waals surface area (Å²) in [6.45, 7) is 0. The van der Waals surface area contributed by atoms with Gasteiger partial charge in [0.2, 0.25) is 5.91 Å². The van der Waals surface area contributed by atoms with Gasteiger partial charge in [0.05, 0.1) is 37.9 Å². The number of carbonyl (C=O) groups excluding carboxylic acids is 1. The number of fused-ring (bicyclic) bond motifs is 1. The van der Waals surface area contributed by atoms with Crippen LogP contribution in [0.1, 0.15) is 12.8 Å². The summed E-state index contributed by atoms with van der Waals surface area (Å²) in [6, 6.07) is 9.73. The highest BCUT2D eigenvalue weighted by molar-refractivity contribution is 7.93. The number of aliphatic carboxylic acids is 1. The van der Waals surface area contributed by atoms with E-state index in [0.29, 0.717) is 21.0 Å². The molecular formula is C23H27N3O8S. The Morgan fingerprint density at radius 2 is 1.66 bits per heavy atom. The molecule has 3 rings (SSSR count). The first-order chi connectivity index (χ1) is 16.6. The number of nitrogens with two attached hydrogens (primary N) is 1. The number of sulfonamides is 1. The number of ether oxygens (including phenoxy) is 3. The van der Waals surface area contributed by atoms with Crippen molar-refractivity contribution in [2.45, 2.75) is 23.9 Å². The number of methoxy groups -OCH3 is 3. The first-order valence-electron chi connectivity index (χ1n) is 10.5. The maximum absolute atomic E-state index is 14.1. The third-order valence-electron chi connectivity index (χ3n) is 5.50. The van der Waals surface area contributed by atoms with Gasteiger partial charge >= 0.3 is 5.97 Å². The lowest BCUT2D eigenvalue weighted by Crippen LogP contribution is -2.39. The molecule has 0 fully saturated rings. The summed E-state index contributed by atoms with van der Waals surface area (Å²) in [5, 5.41) is 9.12. The second kappa shape index (κ2) is 10.2. The first kappa shape index (κ1) is 25.8. The van der Waals surface area contributed by atoms with Crippen molar-refractivity contribution in [3.8, 4) is 17.2 Å². The molecule has 12 heteroatoms. The smallest absolute Gasteiger partial charge is 0.320 e. The quantitative estimate of drug-likeness (QED) is 0.422. The number of carboxylic acids is 1. The van der Waals surface area contributed by atoms with Crippen LogP contribution in [0.2, 0.25) is 0 Å². The SMILES string of the molecule is COc1ccc2c(c1OC)c(OC)c(S(=O)(=O)N(C(=O)CC[C@H](N)C(=O)O)c1ccccc1)n2C. The van der Waals surface area contributed by atoms with Gasteiger partial charge in [0, 0.05) is 13.5 Å². The summed E-state index contributed by atoms with van der Waals surface area (Å²) >= 11 is 0. The molecule has 0 saturated carbocycles. The highest BCUT2D eigenvalue weighted by atomic mass is 32.2. The molecule has 11 nitrogen and oxygen atoms in total. The van der Waals surface area contributed by atoms with Gasteiger partial charge in [-0.05, 0) is 30.7 Å². The van der Waals surface area contributed by atoms with E-state index in [1.165, 1.54) is 45.1 Å². The van der Waals surface area contributed by atoms with Crippen LogP contribution in [0.25, 0.3) is 10.9 Å². The fourth-order valence-electron chi connectivity index (χ4n) is 3.83. The summed E-state index contributed by atoms with van der Waals surface area (Å²) in [6.07, 6.45) is -0.657. The highest BCUT2D eigenvalue weighted by Crippen LogP contribution is 2.46. The van der Waals surface area contributed by atoms with E-state index in [4.69, 9.17) is 25.1 Å². The molecule has 0 aliphatic rings. The van der Waals surface area contributed by atoms with Gasteiger partial charge in [0.25, 0.3) is 10.0 Å². The zero-order chi connectivity index (χ0) is 25.9. The van der Waals surface area contributed by atoms with Crippen LogP contribution in [-0.4, -0.2) is 57.3 Å². The summed E-state index contributed by atoms with van der Waals surface area (Å²) in [5.74, 6) is -1.53. The first-order valence-corrected chi connectivity index (χ1v) is 11.9. The fourth-order valence-corrected chi connectivity index (χ4v) is 5.63. The molecule has 0 spiro atoms. The molecule has 0 radical (unpaired) electrons. The lowest BCUT2D eigenvalue weighted by atomic mass is 10.1. The molecule has 1 amide bonds. The molecule has 1 atom stereocenters. The molecule has 0 saturated heterocycles. The van der Waals surface area contributed by atoms with E-state index in [9.17, 15) is 18.0 Å². The molecule has 0 bridgehead atoms. The molecule has 35 heavy (non-hydrogen) atoms. The van der Waals surface area contributed by atoms with E-state index >= 15 is 0 Å². The Balaban J connectivity index is 2.25. The second-order valence-electron chi connectivity index (χ2n) is 7.57. The molecule has 1 heterocycles. The normalized spacial score (nSPS) is 12.3. The van der Waals surface area contributed by atoms with E-state index in [-0.39, 0.29) is 28.6 Å². The van der Waals surface area contributed by atoms with Crippen LogP contribution in [0.15, 0.2) is 47.5 Å². The maximum atomic E-state index is 14.1. The lowest BCUT2D eigenvalue weighted by Gasteiger charge is -2.23. The predicted molar refractivity (Wildman–Crippen MR) is 129 cm³/mol. The van der Waals surface area contributed by atoms with Crippen LogP contribution in [0.3, 0.4) is 0 Å². The van der Waals surface area contributed by atoms with Crippen molar-refractivity contribution in [2.75, 3.05) is 25.6 Å². The van der Waals surface area contributed by atoms with E-state index in [1.807, 2.05) is 0 Å². The molecule has 0 aliphatic heterocycles. The molecule has 1 aromatic heterocycles. The van der Waals surface area contributed by atoms with Gasteiger partial charge in [-0.3, -0.25) is 9.59 Å². The van der Waals surface area contributed by atoms with Gasteiger partial charge in [-0.1, -0.05) is 18.2 Å². The number of anilines is 1. The number of aryl methyl sites for hydroxylation is 1. The van der Waals surface area contributed by atoms with E-state index in [1.54, 1.807) is 30.3 Å². The van der Waals surface area contributed by atoms with Gasteiger partial charge in [-0.25, -0.2) is 4.31 Å². The Kier molecular flexibility index (Phi) is 7.56. The minimum absolute atomic E-state index is 0.0331. The predicted octanol–water partition coefficient (Wildman–Crippen LogP) is 2.12. The van der Waals surface area contributed by atoms with Crippen molar-refractivity contribution >= 4 is 38.5 Å². The third kappa shape index (κ3) is 4.62. The topological polar surface area (TPSA) is 150 Å². The monoisotopic (exact) mass is 505 g/mol. The van der Waals surface area contributed by atoms with Crippen LogP contribution >= 0.6 is 0 Å². The van der Waals surface area contributed by atoms with Gasteiger partial charge in [-0.15, -0.1) is 0 Å². The number of aromatic nitrogens is 1. The van der Waals surface area contributed by atoms with E-state index < -0.39 is 34.4 Å². The average Bonchev–Trinajstić information content (AvgIpc) is 3.14. The number of amides is 1. The molecule has 3 aromatic rings. The van der Waals surface area contributed by atoms with Gasteiger partial charge in [-0.2, -0.15) is 8.42 Å². The molecule has 188 valence electrons. The summed E-state index contributed by atoms with van der Waals surface area (Å²) in [4.78, 5) is 24.3. The Labute approximate surface area is 202 Å². The second-order valence-corrected chi connectivity index (χ2v) is 9.28. The summed E-state index contributed by atoms with van der Waals surface area (Å²) < 4.78 is 46.5. The van der Waals surface area contributed by atoms with E-state index in [0.717, 1.165) is 0 Å². The van der Waals surface area contributed by atoms with Crippen LogP contribution in [0, 0.1) is 0 Å². The Hall–Kier alpha value is -3.77. The van der Waals surface area contributed by atoms with Gasteiger partial charge < -0.3 is 29.6 Å². The minimum Gasteiger partial charge on any atom is -0.493 e. The van der Waals surface area contributed by atoms with E-state index in [2.05, 4.69) is 0 Å². The van der Waals surface area contributed by atoms with Crippen molar-refractivity contribution in [2.24, 2.45) is 12.8 Å². The number of nitrogens with zero attached hydrogens (tertiary/aromatic N) is 2. The molecule has 0 unspecified atom stereocenters. The standard InChI is InChI=1S/C23H27N3O8S/c1-25-16-11-12-17(32-2)20(33-3)19(16)21(34-4)22(25)35(30,31)26(14-8-6-5-7-9-14)18(27)13-10-15(24)23(28)29/h5-9,11-12,15H,10,13,24H2,1-4H3,(H,28,29)/t15-/m0/s1. The number of para-hydroxylation sites is 1. The zero-order valence-corrected chi connectivity index (χ0v) is 20.5. The summed E-state index contributed by atoms with van der Waals surface area (Å²) in [7, 11) is 1.15. The number of carbonyl (C=O) groups is 2. The molecule has 2 aromatic carbocycles. The number of carboxylic acid groups (broad SMARTS) is 1. The molecular weight excluding hydrogens is 478 g/mol. The lowest BCUT2D eigenvalue weighted by molar-refractivity contribution is -0.138. The van der Waals surface area contributed by atoms with Crippen LogP contribution < -0.4 is 24.2 Å². The van der Waals surface area contributed by atoms with Crippen molar-refractivity contribution in [3.05, 3.63) is 42.5 Å². The summed E-state index contributed by atoms with van der Waals surface area (Å²) in [5.41, 5.74) is 6.08.